The fourth-order valence-electron chi connectivity index (χ4n) is 2.89. The molecule has 0 saturated carbocycles. The molecule has 0 aromatic carbocycles. The van der Waals surface area contributed by atoms with Gasteiger partial charge in [0.25, 0.3) is 6.85 Å². The van der Waals surface area contributed by atoms with E-state index in [9.17, 15) is 0 Å². The second kappa shape index (κ2) is 7.77. The van der Waals surface area contributed by atoms with Gasteiger partial charge in [-0.05, 0) is 31.7 Å². The molecule has 0 aromatic heterocycles. The van der Waals surface area contributed by atoms with Crippen molar-refractivity contribution in [3.63, 3.8) is 0 Å². The molecule has 0 N–H and O–H groups in total. The fraction of sp³-hybridized carbons (Fsp3) is 0.400. The van der Waals surface area contributed by atoms with Crippen LogP contribution in [-0.2, 0) is 17.1 Å². The van der Waals surface area contributed by atoms with Gasteiger partial charge in [-0.15, -0.1) is 0 Å². The van der Waals surface area contributed by atoms with Crippen molar-refractivity contribution in [2.45, 2.75) is 52.4 Å². The SMILES string of the molecule is CC(C)(C)B1C=C(C2=CC=C[CH]2)N1C(C)(C)C.[CH]1C=CC=C1.[Fe]. The predicted octanol–water partition coefficient (Wildman–Crippen LogP) is 5.33. The minimum Gasteiger partial charge on any atom is -0.407 e. The Labute approximate surface area is 153 Å². The summed E-state index contributed by atoms with van der Waals surface area (Å²) in [5, 5.41) is 0.295. The van der Waals surface area contributed by atoms with Crippen LogP contribution in [0.5, 0.6) is 0 Å². The smallest absolute Gasteiger partial charge is 0.289 e. The molecule has 1 aliphatic heterocycles. The molecule has 0 aromatic rings. The molecule has 0 bridgehead atoms. The van der Waals surface area contributed by atoms with Gasteiger partial charge >= 0.3 is 0 Å². The third kappa shape index (κ3) is 5.03. The minimum atomic E-state index is 0. The van der Waals surface area contributed by atoms with Crippen molar-refractivity contribution in [2.75, 3.05) is 0 Å². The zero-order chi connectivity index (χ0) is 16.4. The molecule has 0 fully saturated rings. The molecular weight excluding hydrogens is 321 g/mol. The molecule has 23 heavy (non-hydrogen) atoms. The van der Waals surface area contributed by atoms with Crippen molar-refractivity contribution >= 4 is 6.85 Å². The van der Waals surface area contributed by atoms with E-state index in [2.05, 4.69) is 77.0 Å². The Morgan fingerprint density at radius 2 is 1.43 bits per heavy atom. The maximum Gasteiger partial charge on any atom is 0.289 e. The van der Waals surface area contributed by atoms with E-state index >= 15 is 0 Å². The Morgan fingerprint density at radius 3 is 1.78 bits per heavy atom. The summed E-state index contributed by atoms with van der Waals surface area (Å²) >= 11 is 0. The van der Waals surface area contributed by atoms with Crippen molar-refractivity contribution in [2.24, 2.45) is 0 Å². The summed E-state index contributed by atoms with van der Waals surface area (Å²) in [6.45, 7) is 14.4. The van der Waals surface area contributed by atoms with Gasteiger partial charge < -0.3 is 4.81 Å². The molecular formula is C20H28BFeN. The molecule has 0 saturated heterocycles. The zero-order valence-corrected chi connectivity index (χ0v) is 16.3. The van der Waals surface area contributed by atoms with Crippen LogP contribution in [0.2, 0.25) is 5.31 Å². The van der Waals surface area contributed by atoms with E-state index in [-0.39, 0.29) is 22.6 Å². The molecule has 0 amide bonds. The maximum atomic E-state index is 2.56. The van der Waals surface area contributed by atoms with Crippen molar-refractivity contribution in [3.05, 3.63) is 72.6 Å². The van der Waals surface area contributed by atoms with Crippen LogP contribution in [0.4, 0.5) is 0 Å². The molecule has 0 spiro atoms. The van der Waals surface area contributed by atoms with Crippen LogP contribution >= 0.6 is 0 Å². The summed E-state index contributed by atoms with van der Waals surface area (Å²) in [4.78, 5) is 2.56. The van der Waals surface area contributed by atoms with Crippen LogP contribution in [-0.4, -0.2) is 17.2 Å². The Balaban J connectivity index is 0.000000377. The molecule has 2 aliphatic carbocycles. The normalized spacial score (nSPS) is 18.9. The molecule has 2 radical (unpaired) electrons. The van der Waals surface area contributed by atoms with Crippen LogP contribution in [0.1, 0.15) is 41.5 Å². The molecule has 3 heteroatoms. The van der Waals surface area contributed by atoms with Gasteiger partial charge in [0.15, 0.2) is 0 Å². The third-order valence-corrected chi connectivity index (χ3v) is 3.98. The largest absolute Gasteiger partial charge is 0.407 e. The van der Waals surface area contributed by atoms with Gasteiger partial charge in [0.1, 0.15) is 0 Å². The summed E-state index contributed by atoms with van der Waals surface area (Å²) in [7, 11) is 0. The second-order valence-electron chi connectivity index (χ2n) is 8.04. The second-order valence-corrected chi connectivity index (χ2v) is 8.04. The van der Waals surface area contributed by atoms with Crippen LogP contribution in [0.25, 0.3) is 0 Å². The van der Waals surface area contributed by atoms with Crippen LogP contribution < -0.4 is 0 Å². The standard InChI is InChI=1S/C15H23BN.C5H5.Fe/c1-14(2,3)16-11-13(12-9-7-8-10-12)17(16)15(4,5)6;1-2-4-5-3-1;/h7-11H,1-6H3;1-5H;. The summed E-state index contributed by atoms with van der Waals surface area (Å²) in [5.41, 5.74) is 2.92. The number of allylic oxidation sites excluding steroid dienone is 8. The summed E-state index contributed by atoms with van der Waals surface area (Å²) in [6, 6.07) is 0. The van der Waals surface area contributed by atoms with E-state index in [4.69, 9.17) is 0 Å². The van der Waals surface area contributed by atoms with Gasteiger partial charge in [-0.2, -0.15) is 0 Å². The predicted molar refractivity (Wildman–Crippen MR) is 99.2 cm³/mol. The van der Waals surface area contributed by atoms with Gasteiger partial charge in [0, 0.05) is 41.1 Å². The molecule has 0 atom stereocenters. The first-order valence-corrected chi connectivity index (χ1v) is 8.11. The van der Waals surface area contributed by atoms with E-state index in [1.54, 1.807) is 0 Å². The first-order valence-electron chi connectivity index (χ1n) is 8.11. The molecule has 1 heterocycles. The van der Waals surface area contributed by atoms with Crippen LogP contribution in [0, 0.1) is 12.8 Å². The first kappa shape index (κ1) is 20.1. The van der Waals surface area contributed by atoms with E-state index in [0.29, 0.717) is 12.2 Å². The first-order chi connectivity index (χ1) is 10.2. The van der Waals surface area contributed by atoms with Gasteiger partial charge in [-0.1, -0.05) is 69.3 Å². The Hall–Kier alpha value is -0.916. The molecule has 1 nitrogen and oxygen atoms in total. The third-order valence-electron chi connectivity index (χ3n) is 3.98. The number of rotatable bonds is 1. The minimum absolute atomic E-state index is 0. The van der Waals surface area contributed by atoms with Gasteiger partial charge in [0.05, 0.1) is 0 Å². The van der Waals surface area contributed by atoms with Crippen molar-refractivity contribution < 1.29 is 17.1 Å². The van der Waals surface area contributed by atoms with E-state index in [1.165, 1.54) is 11.3 Å². The van der Waals surface area contributed by atoms with E-state index in [1.807, 2.05) is 30.7 Å². The number of nitrogens with zero attached hydrogens (tertiary/aromatic N) is 1. The summed E-state index contributed by atoms with van der Waals surface area (Å²) in [6.07, 6.45) is 18.6. The number of hydrogen-bond donors (Lipinski definition) is 0. The Morgan fingerprint density at radius 1 is 0.826 bits per heavy atom. The number of hydrogen-bond acceptors (Lipinski definition) is 1. The average molecular weight is 349 g/mol. The molecule has 0 unspecified atom stereocenters. The van der Waals surface area contributed by atoms with Crippen LogP contribution in [0.15, 0.2) is 59.8 Å². The van der Waals surface area contributed by atoms with Crippen molar-refractivity contribution in [1.29, 1.82) is 0 Å². The molecule has 124 valence electrons. The van der Waals surface area contributed by atoms with Crippen molar-refractivity contribution in [1.82, 2.24) is 4.81 Å². The van der Waals surface area contributed by atoms with Gasteiger partial charge in [-0.25, -0.2) is 0 Å². The van der Waals surface area contributed by atoms with Gasteiger partial charge in [-0.3, -0.25) is 0 Å². The Kier molecular flexibility index (Phi) is 6.80. The van der Waals surface area contributed by atoms with Crippen LogP contribution in [0.3, 0.4) is 0 Å². The van der Waals surface area contributed by atoms with E-state index < -0.39 is 0 Å². The zero-order valence-electron chi connectivity index (χ0n) is 15.2. The fourth-order valence-corrected chi connectivity index (χ4v) is 2.89. The Bertz CT molecular complexity index is 543. The monoisotopic (exact) mass is 349 g/mol. The average Bonchev–Trinajstić information content (AvgIpc) is 2.99. The molecule has 3 rings (SSSR count). The van der Waals surface area contributed by atoms with E-state index in [0.717, 1.165) is 0 Å². The quantitative estimate of drug-likeness (QED) is 0.579. The summed E-state index contributed by atoms with van der Waals surface area (Å²) < 4.78 is 0. The summed E-state index contributed by atoms with van der Waals surface area (Å²) in [5.74, 6) is 2.42. The van der Waals surface area contributed by atoms with Crippen molar-refractivity contribution in [3.8, 4) is 0 Å². The topological polar surface area (TPSA) is 3.24 Å². The molecule has 3 aliphatic rings. The van der Waals surface area contributed by atoms with Gasteiger partial charge in [0.2, 0.25) is 0 Å². The maximum absolute atomic E-state index is 2.56.